The maximum Gasteiger partial charge on any atom is 0.407 e. The number of halogens is 6. The molecule has 6 aromatic rings. The molecule has 42 nitrogen and oxygen atoms in total. The van der Waals surface area contributed by atoms with E-state index in [0.29, 0.717) is 57.9 Å². The number of benzene rings is 1. The Morgan fingerprint density at radius 1 is 0.414 bits per heavy atom. The standard InChI is InChI=1S/C22H23N5O4.C21H30N6O4.C20H25F3N6O2.C18H23F3N6O2.C16H21N5O2/c1-24-13-21(8-10-22(11-9-21)30-16-4-2-3-5-17(16)31-22)27-12-15(18(23)28)19(26-27)25-20(29)14-6-7-14;1-20(2,3)31-19(30)24-14-7-9-21(10-8-14,12-23-4)27-11-15(16(22)28)17(26-27)25-18(29)13-5-6-13;1-25-11-19(5-7-28(8-6-19)12-20(21,22)23)29-10-13(15(24)30)16(27-29)26-17(31)14-9-18(14)3-2-4-18;1-11-7-12(11)16(29)24-15-13(14(22)28)8-27(25-15)17(9-23-2)3-5-26(6-4-17)10-18(19,20)21;1-18-10-16(7-3-2-4-8-16)21-9-12(13(17)22)14(20-21)19-15(23)11-5-6-11/h2-5,12,14H,6-11,13H2,(H2,23,28)(H,25,26,29);11,13-14H,5-10,12H2,1-3H3,(H2,22,28)(H,24,30)(H,25,26,29);10,14H,2-9,11-12H2,(H2,24,30)(H,26,27,31);8,11-12H,3-7,9-10H2,1H3,(H2,22,28)(H,24,25,29);9,11H,2-8,10H2,(H2,17,22)(H,19,20,23)/t;;14-;11-,12-;/m..11./s1. The molecule has 11 amide bonds. The number of nitrogens with zero attached hydrogens (tertiary/aromatic N) is 17. The number of nitrogens with two attached hydrogens (primary N) is 5. The third kappa shape index (κ3) is 25.6. The van der Waals surface area contributed by atoms with Crippen LogP contribution in [-0.4, -0.2) is 226 Å². The molecule has 18 rings (SSSR count). The molecular formula is C97H122F6N28O14. The van der Waals surface area contributed by atoms with Crippen LogP contribution < -0.4 is 70.0 Å². The molecule has 2 spiro atoms. The van der Waals surface area contributed by atoms with E-state index in [2.05, 4.69) is 81.6 Å². The normalized spacial score (nSPS) is 22.5. The molecule has 0 bridgehead atoms. The van der Waals surface area contributed by atoms with Crippen molar-refractivity contribution in [1.29, 1.82) is 0 Å². The number of para-hydroxylation sites is 2. The van der Waals surface area contributed by atoms with E-state index in [1.54, 1.807) is 26.4 Å². The second-order valence-corrected chi connectivity index (χ2v) is 41.6. The molecule has 3 aliphatic heterocycles. The molecule has 1 aromatic carbocycles. The van der Waals surface area contributed by atoms with Crippen molar-refractivity contribution in [2.45, 2.75) is 265 Å². The summed E-state index contributed by atoms with van der Waals surface area (Å²) in [5.41, 5.74) is 24.1. The predicted molar refractivity (Wildman–Crippen MR) is 511 cm³/mol. The zero-order valence-electron chi connectivity index (χ0n) is 81.3. The van der Waals surface area contributed by atoms with E-state index in [4.69, 9.17) is 75.7 Å². The number of anilines is 5. The molecule has 0 radical (unpaired) electrons. The number of hydrogen-bond acceptors (Lipinski definition) is 21. The van der Waals surface area contributed by atoms with Gasteiger partial charge in [-0.05, 0) is 185 Å². The summed E-state index contributed by atoms with van der Waals surface area (Å²) >= 11 is 0. The second-order valence-electron chi connectivity index (χ2n) is 41.6. The molecule has 145 heavy (non-hydrogen) atoms. The number of aromatic nitrogens is 10. The minimum atomic E-state index is -4.29. The fourth-order valence-corrected chi connectivity index (χ4v) is 20.3. The molecule has 48 heteroatoms. The van der Waals surface area contributed by atoms with Gasteiger partial charge in [0.25, 0.3) is 35.3 Å². The lowest BCUT2D eigenvalue weighted by molar-refractivity contribution is -0.150. The smallest absolute Gasteiger partial charge is 0.407 e. The largest absolute Gasteiger partial charge is 0.448 e. The van der Waals surface area contributed by atoms with Crippen molar-refractivity contribution in [3.05, 3.63) is 140 Å². The van der Waals surface area contributed by atoms with Crippen LogP contribution in [0.4, 0.5) is 60.2 Å². The molecule has 5 aromatic heterocycles. The molecular weight excluding hydrogens is 1900 g/mol. The van der Waals surface area contributed by atoms with Gasteiger partial charge in [-0.3, -0.25) is 81.2 Å². The van der Waals surface area contributed by atoms with Gasteiger partial charge in [-0.25, -0.2) is 37.7 Å². The summed E-state index contributed by atoms with van der Waals surface area (Å²) in [5, 5.41) is 38.5. The number of primary amides is 5. The average molecular weight is 2020 g/mol. The van der Waals surface area contributed by atoms with Crippen molar-refractivity contribution in [3.63, 3.8) is 0 Å². The molecule has 0 unspecified atom stereocenters. The lowest BCUT2D eigenvalue weighted by Gasteiger charge is -2.40. The Kier molecular flexibility index (Phi) is 31.6. The summed E-state index contributed by atoms with van der Waals surface area (Å²) in [7, 11) is 0. The first-order chi connectivity index (χ1) is 68.6. The van der Waals surface area contributed by atoms with Crippen LogP contribution in [0.5, 0.6) is 11.5 Å². The Balaban J connectivity index is 0.000000144. The van der Waals surface area contributed by atoms with E-state index < -0.39 is 100 Å². The number of carbonyl (C=O) groups excluding carboxylic acids is 11. The molecule has 12 aliphatic rings. The topological polar surface area (TPSA) is 535 Å². The van der Waals surface area contributed by atoms with Crippen molar-refractivity contribution in [1.82, 2.24) is 64.0 Å². The molecule has 16 N–H and O–H groups in total. The number of amides is 11. The highest BCUT2D eigenvalue weighted by atomic mass is 19.4. The van der Waals surface area contributed by atoms with Gasteiger partial charge in [0.1, 0.15) is 61.1 Å². The number of alkyl halides is 6. The molecule has 8 heterocycles. The highest BCUT2D eigenvalue weighted by Gasteiger charge is 2.62. The lowest BCUT2D eigenvalue weighted by atomic mass is 9.78. The zero-order valence-corrected chi connectivity index (χ0v) is 81.3. The summed E-state index contributed by atoms with van der Waals surface area (Å²) in [4.78, 5) is 153. The van der Waals surface area contributed by atoms with Crippen LogP contribution in [0.2, 0.25) is 0 Å². The quantitative estimate of drug-likeness (QED) is 0.0160. The number of hydrogen-bond donors (Lipinski definition) is 11. The van der Waals surface area contributed by atoms with Crippen LogP contribution in [0.3, 0.4) is 0 Å². The van der Waals surface area contributed by atoms with Gasteiger partial charge >= 0.3 is 18.4 Å². The SMILES string of the molecule is [C-]#[N+]CC1(n2cc(C(N)=O)c(NC(=O)C3CC3)n2)CCC(NC(=O)OC(C)(C)C)CC1.[C-]#[N+]CC1(n2cc(C(N)=O)c(NC(=O)C3CC3)n2)CCC2(CC1)Oc1ccccc1O2.[C-]#[N+]CC1(n2cc(C(N)=O)c(NC(=O)C3CC3)n2)CCCCC1.[C-]#[N+]CC1(n2cc(C(N)=O)c(NC(=O)[C@@H]3C[C@H]3C)n2)CCN(CC(F)(F)F)CC1.[C-]#[N+]CC1(n2cc(C(N)=O)c(NC(=O)[C@H]3CC34CCC4)n2)CCN(CC(F)(F)F)CC1. The van der Waals surface area contributed by atoms with Crippen molar-refractivity contribution in [2.24, 2.45) is 69.6 Å². The summed E-state index contributed by atoms with van der Waals surface area (Å²) < 4.78 is 102. The van der Waals surface area contributed by atoms with Crippen LogP contribution >= 0.6 is 0 Å². The highest BCUT2D eigenvalue weighted by Crippen LogP contribution is 2.66. The Hall–Kier alpha value is -14.2. The van der Waals surface area contributed by atoms with Crippen LogP contribution in [-0.2, 0) is 56.4 Å². The highest BCUT2D eigenvalue weighted by molar-refractivity contribution is 6.06. The Morgan fingerprint density at radius 2 is 0.717 bits per heavy atom. The van der Waals surface area contributed by atoms with Crippen LogP contribution in [0.25, 0.3) is 24.2 Å². The molecule has 9 aliphatic carbocycles. The van der Waals surface area contributed by atoms with E-state index in [9.17, 15) is 79.1 Å². The van der Waals surface area contributed by atoms with Crippen LogP contribution in [0.15, 0.2) is 55.2 Å². The lowest BCUT2D eigenvalue weighted by Crippen LogP contribution is -2.50. The van der Waals surface area contributed by atoms with E-state index in [0.717, 1.165) is 114 Å². The average Bonchev–Trinajstić information content (AvgIpc) is 1.55. The van der Waals surface area contributed by atoms with E-state index in [1.807, 2.05) is 52.0 Å². The first kappa shape index (κ1) is 107. The third-order valence-electron chi connectivity index (χ3n) is 29.7. The minimum Gasteiger partial charge on any atom is -0.448 e. The van der Waals surface area contributed by atoms with Gasteiger partial charge in [-0.2, -0.15) is 51.8 Å². The Morgan fingerprint density at radius 3 is 0.993 bits per heavy atom. The van der Waals surface area contributed by atoms with E-state index >= 15 is 0 Å². The van der Waals surface area contributed by atoms with Crippen molar-refractivity contribution in [2.75, 3.05) is 98.6 Å². The molecule has 776 valence electrons. The number of nitrogens with one attached hydrogen (secondary N) is 6. The van der Waals surface area contributed by atoms with Crippen molar-refractivity contribution >= 4 is 94.3 Å². The summed E-state index contributed by atoms with van der Waals surface area (Å²) in [5.74, 6) is -3.07. The summed E-state index contributed by atoms with van der Waals surface area (Å²) in [6.45, 7) is 43.4. The number of piperidine rings is 2. The predicted octanol–water partition coefficient (Wildman–Crippen LogP) is 11.2. The maximum absolute atomic E-state index is 12.7. The van der Waals surface area contributed by atoms with Gasteiger partial charge in [-0.1, -0.05) is 44.7 Å². The van der Waals surface area contributed by atoms with Crippen molar-refractivity contribution in [3.8, 4) is 11.5 Å². The first-order valence-corrected chi connectivity index (χ1v) is 48.9. The number of ether oxygens (including phenoxy) is 3. The van der Waals surface area contributed by atoms with Crippen LogP contribution in [0.1, 0.15) is 259 Å². The van der Waals surface area contributed by atoms with Crippen LogP contribution in [0, 0.1) is 73.8 Å². The number of rotatable bonds is 28. The first-order valence-electron chi connectivity index (χ1n) is 48.9. The number of likely N-dealkylation sites (tertiary alicyclic amines) is 2. The van der Waals surface area contributed by atoms with Gasteiger partial charge < -0.3 is 99.0 Å². The van der Waals surface area contributed by atoms with E-state index in [-0.39, 0.29) is 211 Å². The Bertz CT molecular complexity index is 6070. The zero-order chi connectivity index (χ0) is 105. The second kappa shape index (κ2) is 43.0. The number of fused-ring (bicyclic) bond motifs is 1. The monoisotopic (exact) mass is 2020 g/mol. The maximum atomic E-state index is 12.7. The minimum absolute atomic E-state index is 0.000213. The van der Waals surface area contributed by atoms with Gasteiger partial charge in [-0.15, -0.1) is 0 Å². The fourth-order valence-electron chi connectivity index (χ4n) is 20.3. The van der Waals surface area contributed by atoms with Gasteiger partial charge in [0.05, 0.1) is 13.1 Å². The fraction of sp³-hybridized carbons (Fsp3) is 0.619. The number of alkyl carbamates (subject to hydrolysis) is 1. The Labute approximate surface area is 832 Å². The molecule has 3 atom stereocenters. The van der Waals surface area contributed by atoms with Gasteiger partial charge in [0, 0.05) is 106 Å². The summed E-state index contributed by atoms with van der Waals surface area (Å²) in [6, 6.07) is 7.49. The van der Waals surface area contributed by atoms with Crippen molar-refractivity contribution < 1.29 is 93.3 Å². The molecule has 9 saturated carbocycles. The van der Waals surface area contributed by atoms with E-state index in [1.165, 1.54) is 37.8 Å². The van der Waals surface area contributed by atoms with Gasteiger partial charge in [0.2, 0.25) is 62.3 Å². The summed E-state index contributed by atoms with van der Waals surface area (Å²) in [6.07, 6.45) is 18.9. The molecule has 11 fully saturated rings. The molecule has 2 saturated heterocycles. The number of carbonyl (C=O) groups is 11. The van der Waals surface area contributed by atoms with Gasteiger partial charge in [0.15, 0.2) is 40.6 Å². The third-order valence-corrected chi connectivity index (χ3v) is 29.7.